The van der Waals surface area contributed by atoms with Crippen LogP contribution < -0.4 is 4.90 Å². The van der Waals surface area contributed by atoms with Crippen LogP contribution in [0.4, 0.5) is 17.1 Å². The third kappa shape index (κ3) is 4.64. The molecule has 0 atom stereocenters. The van der Waals surface area contributed by atoms with Crippen LogP contribution in [0.5, 0.6) is 0 Å². The van der Waals surface area contributed by atoms with Gasteiger partial charge >= 0.3 is 0 Å². The average Bonchev–Trinajstić information content (AvgIpc) is 3.87. The summed E-state index contributed by atoms with van der Waals surface area (Å²) in [6.45, 7) is 6.07. The monoisotopic (exact) mass is 697 g/mol. The number of nitrogens with zero attached hydrogens (tertiary/aromatic N) is 1. The van der Waals surface area contributed by atoms with Crippen LogP contribution in [-0.2, 0) is 5.41 Å². The molecule has 2 aromatic heterocycles. The molecule has 2 nitrogen and oxygen atoms in total. The van der Waals surface area contributed by atoms with Gasteiger partial charge in [0.1, 0.15) is 11.3 Å². The van der Waals surface area contributed by atoms with Crippen molar-refractivity contribution in [3.8, 4) is 11.1 Å². The molecule has 0 spiro atoms. The van der Waals surface area contributed by atoms with Crippen LogP contribution in [-0.4, -0.2) is 0 Å². The first kappa shape index (κ1) is 31.3. The number of allylic oxidation sites excluding steroid dienone is 1. The fourth-order valence-corrected chi connectivity index (χ4v) is 9.87. The van der Waals surface area contributed by atoms with Gasteiger partial charge in [0.25, 0.3) is 0 Å². The summed E-state index contributed by atoms with van der Waals surface area (Å²) in [6.07, 6.45) is 5.94. The molecule has 0 radical (unpaired) electrons. The minimum atomic E-state index is -0.458. The predicted molar refractivity (Wildman–Crippen MR) is 226 cm³/mol. The van der Waals surface area contributed by atoms with E-state index in [2.05, 4.69) is 181 Å². The minimum absolute atomic E-state index is 0.458. The highest BCUT2D eigenvalue weighted by Crippen LogP contribution is 2.56. The first-order valence-corrected chi connectivity index (χ1v) is 18.9. The molecule has 9 aromatic rings. The molecule has 7 aromatic carbocycles. The number of fused-ring (bicyclic) bond motifs is 7. The lowest BCUT2D eigenvalue weighted by atomic mass is 9.68. The van der Waals surface area contributed by atoms with Crippen molar-refractivity contribution in [1.82, 2.24) is 0 Å². The van der Waals surface area contributed by atoms with E-state index in [1.54, 1.807) is 6.08 Å². The van der Waals surface area contributed by atoms with Crippen molar-refractivity contribution in [3.63, 3.8) is 0 Å². The number of furan rings is 1. The van der Waals surface area contributed by atoms with Crippen molar-refractivity contribution in [2.24, 2.45) is 0 Å². The third-order valence-corrected chi connectivity index (χ3v) is 12.1. The van der Waals surface area contributed by atoms with Gasteiger partial charge < -0.3 is 9.32 Å². The van der Waals surface area contributed by atoms with Crippen LogP contribution >= 0.6 is 11.3 Å². The van der Waals surface area contributed by atoms with Crippen molar-refractivity contribution in [2.75, 3.05) is 4.90 Å². The fourth-order valence-electron chi connectivity index (χ4n) is 8.66. The molecular weight excluding hydrogens is 663 g/mol. The van der Waals surface area contributed by atoms with Crippen LogP contribution in [0, 0.1) is 0 Å². The molecule has 0 amide bonds. The Labute approximate surface area is 313 Å². The predicted octanol–water partition coefficient (Wildman–Crippen LogP) is 14.3. The van der Waals surface area contributed by atoms with Gasteiger partial charge in [-0.25, -0.2) is 0 Å². The summed E-state index contributed by atoms with van der Waals surface area (Å²) >= 11 is 1.84. The van der Waals surface area contributed by atoms with Crippen LogP contribution in [0.3, 0.4) is 0 Å². The molecule has 0 bridgehead atoms. The second-order valence-corrected chi connectivity index (χ2v) is 14.7. The SMILES string of the molecule is C=Cc1oc2cc(N(c3ccc(C4(c5ccccc5)c5ccccc5-c5ccccc54)cc3)c3cccc4c3sc3ccccc34)ccc2c1/C=C\C. The molecule has 0 aliphatic heterocycles. The zero-order chi connectivity index (χ0) is 35.5. The lowest BCUT2D eigenvalue weighted by molar-refractivity contribution is 0.603. The topological polar surface area (TPSA) is 16.4 Å². The van der Waals surface area contributed by atoms with E-state index in [9.17, 15) is 0 Å². The van der Waals surface area contributed by atoms with Crippen molar-refractivity contribution in [1.29, 1.82) is 0 Å². The van der Waals surface area contributed by atoms with Gasteiger partial charge in [0, 0.05) is 43.9 Å². The van der Waals surface area contributed by atoms with Crippen molar-refractivity contribution >= 4 is 71.7 Å². The van der Waals surface area contributed by atoms with Crippen LogP contribution in [0.15, 0.2) is 181 Å². The second-order valence-electron chi connectivity index (χ2n) is 13.6. The quantitative estimate of drug-likeness (QED) is 0.165. The van der Waals surface area contributed by atoms with Gasteiger partial charge in [-0.05, 0) is 82.8 Å². The van der Waals surface area contributed by atoms with E-state index in [1.165, 1.54) is 53.6 Å². The van der Waals surface area contributed by atoms with E-state index in [0.717, 1.165) is 39.4 Å². The van der Waals surface area contributed by atoms with E-state index in [4.69, 9.17) is 4.42 Å². The molecule has 0 N–H and O–H groups in total. The van der Waals surface area contributed by atoms with Gasteiger partial charge in [-0.3, -0.25) is 0 Å². The lowest BCUT2D eigenvalue weighted by Crippen LogP contribution is -2.28. The van der Waals surface area contributed by atoms with Crippen LogP contribution in [0.25, 0.3) is 54.4 Å². The normalized spacial score (nSPS) is 13.2. The smallest absolute Gasteiger partial charge is 0.137 e. The summed E-state index contributed by atoms with van der Waals surface area (Å²) in [6, 6.07) is 60.0. The van der Waals surface area contributed by atoms with Gasteiger partial charge in [0.2, 0.25) is 0 Å². The Morgan fingerprint density at radius 3 is 1.98 bits per heavy atom. The number of rotatable bonds is 7. The van der Waals surface area contributed by atoms with E-state index in [0.29, 0.717) is 0 Å². The average molecular weight is 698 g/mol. The van der Waals surface area contributed by atoms with Crippen molar-refractivity contribution < 1.29 is 4.42 Å². The summed E-state index contributed by atoms with van der Waals surface area (Å²) in [5.41, 5.74) is 12.4. The Morgan fingerprint density at radius 2 is 1.25 bits per heavy atom. The summed E-state index contributed by atoms with van der Waals surface area (Å²) in [7, 11) is 0. The maximum absolute atomic E-state index is 6.42. The highest BCUT2D eigenvalue weighted by atomic mass is 32.1. The van der Waals surface area contributed by atoms with Gasteiger partial charge in [-0.2, -0.15) is 0 Å². The molecule has 0 saturated carbocycles. The lowest BCUT2D eigenvalue weighted by Gasteiger charge is -2.34. The summed E-state index contributed by atoms with van der Waals surface area (Å²) in [4.78, 5) is 2.39. The van der Waals surface area contributed by atoms with E-state index >= 15 is 0 Å². The highest BCUT2D eigenvalue weighted by molar-refractivity contribution is 7.26. The van der Waals surface area contributed by atoms with Crippen LogP contribution in [0.2, 0.25) is 0 Å². The Hall–Kier alpha value is -6.42. The summed E-state index contributed by atoms with van der Waals surface area (Å²) < 4.78 is 8.95. The molecule has 0 fully saturated rings. The standard InChI is InChI=1S/C50H35NOS/c1-3-15-39-40-31-30-36(32-47(40)52-46(39)4-2)51(45-24-14-21-42-41-20-10-13-25-48(41)53-49(42)45)35-28-26-34(27-29-35)50(33-16-6-5-7-17-33)43-22-11-8-18-37(43)38-19-9-12-23-44(38)50/h3-32H,2H2,1H3/b15-3-. The highest BCUT2D eigenvalue weighted by Gasteiger charge is 2.45. The number of hydrogen-bond acceptors (Lipinski definition) is 3. The van der Waals surface area contributed by atoms with Gasteiger partial charge in [0.05, 0.1) is 15.8 Å². The molecule has 0 saturated heterocycles. The molecule has 1 aliphatic rings. The summed E-state index contributed by atoms with van der Waals surface area (Å²) in [5, 5.41) is 3.61. The van der Waals surface area contributed by atoms with Crippen LogP contribution in [0.1, 0.15) is 40.5 Å². The van der Waals surface area contributed by atoms with Crippen molar-refractivity contribution in [3.05, 3.63) is 210 Å². The zero-order valence-corrected chi connectivity index (χ0v) is 30.1. The first-order chi connectivity index (χ1) is 26.2. The molecule has 53 heavy (non-hydrogen) atoms. The Balaban J connectivity index is 1.21. The van der Waals surface area contributed by atoms with Gasteiger partial charge in [-0.15, -0.1) is 11.3 Å². The molecule has 3 heteroatoms. The Morgan fingerprint density at radius 1 is 0.604 bits per heavy atom. The van der Waals surface area contributed by atoms with E-state index < -0.39 is 5.41 Å². The molecule has 10 rings (SSSR count). The van der Waals surface area contributed by atoms with E-state index in [-0.39, 0.29) is 0 Å². The number of hydrogen-bond donors (Lipinski definition) is 0. The first-order valence-electron chi connectivity index (χ1n) is 18.1. The Kier molecular flexibility index (Phi) is 7.31. The summed E-state index contributed by atoms with van der Waals surface area (Å²) in [5.74, 6) is 0.779. The number of benzene rings is 7. The molecule has 2 heterocycles. The number of anilines is 3. The molecule has 252 valence electrons. The minimum Gasteiger partial charge on any atom is -0.456 e. The van der Waals surface area contributed by atoms with Crippen molar-refractivity contribution in [2.45, 2.75) is 12.3 Å². The van der Waals surface area contributed by atoms with E-state index in [1.807, 2.05) is 24.3 Å². The van der Waals surface area contributed by atoms with Gasteiger partial charge in [-0.1, -0.05) is 140 Å². The third-order valence-electron chi connectivity index (χ3n) is 10.9. The largest absolute Gasteiger partial charge is 0.456 e. The maximum Gasteiger partial charge on any atom is 0.137 e. The maximum atomic E-state index is 6.42. The molecule has 0 unspecified atom stereocenters. The zero-order valence-electron chi connectivity index (χ0n) is 29.3. The second kappa shape index (κ2) is 12.4. The Bertz CT molecular complexity index is 2830. The molecule has 1 aliphatic carbocycles. The fraction of sp³-hybridized carbons (Fsp3) is 0.0400. The van der Waals surface area contributed by atoms with Gasteiger partial charge in [0.15, 0.2) is 0 Å². The number of thiophene rings is 1. The molecular formula is C50H35NOS.